The number of rotatable bonds is 6. The van der Waals surface area contributed by atoms with E-state index in [2.05, 4.69) is 32.2 Å². The molecule has 0 unspecified atom stereocenters. The van der Waals surface area contributed by atoms with Gasteiger partial charge in [-0.1, -0.05) is 12.7 Å². The van der Waals surface area contributed by atoms with Gasteiger partial charge in [-0.2, -0.15) is 0 Å². The smallest absolute Gasteiger partial charge is 0.157 e. The molecular weight excluding hydrogens is 485 g/mol. The van der Waals surface area contributed by atoms with Crippen molar-refractivity contribution in [3.8, 4) is 0 Å². The van der Waals surface area contributed by atoms with Crippen molar-refractivity contribution in [2.24, 2.45) is 0 Å². The molecule has 11 heteroatoms. The van der Waals surface area contributed by atoms with Crippen LogP contribution in [-0.2, 0) is 9.59 Å². The number of benzene rings is 1. The first-order chi connectivity index (χ1) is 17.9. The molecule has 37 heavy (non-hydrogen) atoms. The second kappa shape index (κ2) is 13.2. The number of hydrogen-bond acceptors (Lipinski definition) is 7. The molecule has 1 aromatic carbocycles. The molecule has 1 aliphatic rings. The van der Waals surface area contributed by atoms with Crippen LogP contribution in [-0.4, -0.2) is 40.5 Å². The lowest BCUT2D eigenvalue weighted by atomic mass is 10.00. The molecule has 0 fully saturated rings. The maximum absolute atomic E-state index is 15.5. The number of carbonyl (C=O) groups is 2. The third-order valence-electron chi connectivity index (χ3n) is 5.15. The van der Waals surface area contributed by atoms with Gasteiger partial charge in [0.1, 0.15) is 36.9 Å². The number of imidazole rings is 1. The van der Waals surface area contributed by atoms with Gasteiger partial charge in [0, 0.05) is 49.1 Å². The summed E-state index contributed by atoms with van der Waals surface area (Å²) in [4.78, 5) is 28.9. The van der Waals surface area contributed by atoms with Crippen LogP contribution in [0.5, 0.6) is 0 Å². The van der Waals surface area contributed by atoms with E-state index in [1.807, 2.05) is 20.5 Å². The standard InChI is InChI=1S/C24H21F3N6.2CH2O/c1-4-33-13-15(5-8-20(33)14(2)23-29-9-10-30-23)21-17(26)6-7-18(22(21)27)32-19-11-16(25)12-31-24(19)28-3;2*1-2/h4-13,32H,1H2,2-3H3,(H,28,31)(H,29,30);2*1H2/b20-14+;;. The molecule has 8 nitrogen and oxygen atoms in total. The molecule has 2 aromatic heterocycles. The van der Waals surface area contributed by atoms with E-state index in [4.69, 9.17) is 9.59 Å². The lowest BCUT2D eigenvalue weighted by Gasteiger charge is -2.24. The summed E-state index contributed by atoms with van der Waals surface area (Å²) in [5.74, 6) is -1.16. The maximum atomic E-state index is 15.5. The topological polar surface area (TPSA) is 103 Å². The zero-order chi connectivity index (χ0) is 27.5. The Bertz CT molecular complexity index is 1330. The quantitative estimate of drug-likeness (QED) is 0.407. The average Bonchev–Trinajstić information content (AvgIpc) is 3.47. The van der Waals surface area contributed by atoms with Crippen molar-refractivity contribution < 1.29 is 22.8 Å². The van der Waals surface area contributed by atoms with Gasteiger partial charge in [-0.3, -0.25) is 0 Å². The summed E-state index contributed by atoms with van der Waals surface area (Å²) < 4.78 is 43.9. The molecule has 0 radical (unpaired) electrons. The molecule has 0 aliphatic carbocycles. The monoisotopic (exact) mass is 510 g/mol. The number of H-pyrrole nitrogens is 1. The summed E-state index contributed by atoms with van der Waals surface area (Å²) in [6, 6.07) is 3.58. The molecule has 0 spiro atoms. The van der Waals surface area contributed by atoms with E-state index in [9.17, 15) is 8.78 Å². The number of nitrogens with one attached hydrogen (secondary N) is 3. The van der Waals surface area contributed by atoms with Crippen LogP contribution in [0, 0.1) is 17.5 Å². The number of hydrogen-bond donors (Lipinski definition) is 3. The highest BCUT2D eigenvalue weighted by Gasteiger charge is 2.21. The van der Waals surface area contributed by atoms with E-state index in [1.165, 1.54) is 12.1 Å². The highest BCUT2D eigenvalue weighted by molar-refractivity contribution is 5.82. The minimum Gasteiger partial charge on any atom is -0.371 e. The van der Waals surface area contributed by atoms with Crippen LogP contribution in [0.4, 0.5) is 30.4 Å². The SMILES string of the molecule is C=CN1C=C(c2c(F)ccc(Nc3cc(F)cnc3NC)c2F)C=C/C1=C(/C)c1ncc[nH]1.C=O.C=O. The average molecular weight is 511 g/mol. The second-order valence-corrected chi connectivity index (χ2v) is 7.16. The summed E-state index contributed by atoms with van der Waals surface area (Å²) in [6.07, 6.45) is 10.9. The molecule has 0 bridgehead atoms. The molecule has 0 atom stereocenters. The van der Waals surface area contributed by atoms with Crippen LogP contribution in [0.25, 0.3) is 11.1 Å². The number of allylic oxidation sites excluding steroid dienone is 4. The number of anilines is 3. The van der Waals surface area contributed by atoms with Gasteiger partial charge in [-0.25, -0.2) is 23.1 Å². The van der Waals surface area contributed by atoms with Crippen LogP contribution in [0.15, 0.2) is 73.6 Å². The Morgan fingerprint density at radius 3 is 2.43 bits per heavy atom. The number of aromatic nitrogens is 3. The maximum Gasteiger partial charge on any atom is 0.157 e. The molecule has 1 aliphatic heterocycles. The van der Waals surface area contributed by atoms with Crippen molar-refractivity contribution in [3.05, 3.63) is 102 Å². The van der Waals surface area contributed by atoms with Gasteiger partial charge in [-0.15, -0.1) is 0 Å². The molecule has 3 aromatic rings. The summed E-state index contributed by atoms with van der Waals surface area (Å²) in [7, 11) is 1.61. The first-order valence-electron chi connectivity index (χ1n) is 10.6. The molecular formula is C26H25F3N6O2. The van der Waals surface area contributed by atoms with E-state index in [-0.39, 0.29) is 16.9 Å². The fourth-order valence-electron chi connectivity index (χ4n) is 3.52. The van der Waals surface area contributed by atoms with E-state index >= 15 is 4.39 Å². The molecule has 3 heterocycles. The summed E-state index contributed by atoms with van der Waals surface area (Å²) >= 11 is 0. The van der Waals surface area contributed by atoms with Crippen molar-refractivity contribution in [2.75, 3.05) is 17.7 Å². The van der Waals surface area contributed by atoms with Gasteiger partial charge in [0.05, 0.1) is 28.8 Å². The minimum absolute atomic E-state index is 0.0251. The lowest BCUT2D eigenvalue weighted by molar-refractivity contribution is -0.0987. The van der Waals surface area contributed by atoms with Crippen LogP contribution in [0.1, 0.15) is 18.3 Å². The Kier molecular flexibility index (Phi) is 10.1. The predicted octanol–water partition coefficient (Wildman–Crippen LogP) is 5.42. The van der Waals surface area contributed by atoms with E-state index < -0.39 is 17.5 Å². The summed E-state index contributed by atoms with van der Waals surface area (Å²) in [6.45, 7) is 9.69. The van der Waals surface area contributed by atoms with Gasteiger partial charge in [0.25, 0.3) is 0 Å². The first kappa shape index (κ1) is 28.3. The zero-order valence-corrected chi connectivity index (χ0v) is 20.2. The molecule has 192 valence electrons. The lowest BCUT2D eigenvalue weighted by Crippen LogP contribution is -2.14. The van der Waals surface area contributed by atoms with Crippen molar-refractivity contribution in [2.45, 2.75) is 6.92 Å². The number of pyridine rings is 1. The van der Waals surface area contributed by atoms with Gasteiger partial charge in [0.2, 0.25) is 0 Å². The summed E-state index contributed by atoms with van der Waals surface area (Å²) in [5, 5.41) is 5.60. The van der Waals surface area contributed by atoms with E-state index in [1.54, 1.807) is 48.9 Å². The Labute approximate surface area is 211 Å². The number of aromatic amines is 1. The third kappa shape index (κ3) is 6.20. The van der Waals surface area contributed by atoms with Crippen molar-refractivity contribution in [1.29, 1.82) is 0 Å². The fourth-order valence-corrected chi connectivity index (χ4v) is 3.52. The highest BCUT2D eigenvalue weighted by atomic mass is 19.1. The Balaban J connectivity index is 0.00000115. The minimum atomic E-state index is -0.823. The van der Waals surface area contributed by atoms with Crippen molar-refractivity contribution in [3.63, 3.8) is 0 Å². The van der Waals surface area contributed by atoms with Crippen LogP contribution in [0.2, 0.25) is 0 Å². The van der Waals surface area contributed by atoms with Gasteiger partial charge < -0.3 is 30.1 Å². The number of halogens is 3. The molecule has 0 saturated heterocycles. The van der Waals surface area contributed by atoms with Crippen LogP contribution < -0.4 is 10.6 Å². The Morgan fingerprint density at radius 2 is 1.81 bits per heavy atom. The largest absolute Gasteiger partial charge is 0.371 e. The number of nitrogens with zero attached hydrogens (tertiary/aromatic N) is 3. The normalized spacial score (nSPS) is 13.3. The van der Waals surface area contributed by atoms with Crippen LogP contribution >= 0.6 is 0 Å². The van der Waals surface area contributed by atoms with E-state index in [0.717, 1.165) is 23.5 Å². The fraction of sp³-hybridized carbons (Fsp3) is 0.0769. The molecule has 4 rings (SSSR count). The number of carbonyl (C=O) groups excluding carboxylic acids is 2. The molecule has 0 amide bonds. The van der Waals surface area contributed by atoms with E-state index in [0.29, 0.717) is 17.2 Å². The molecule has 3 N–H and O–H groups in total. The van der Waals surface area contributed by atoms with Crippen molar-refractivity contribution >= 4 is 41.9 Å². The first-order valence-corrected chi connectivity index (χ1v) is 10.6. The van der Waals surface area contributed by atoms with Gasteiger partial charge in [-0.05, 0) is 25.1 Å². The Morgan fingerprint density at radius 1 is 1.08 bits per heavy atom. The zero-order valence-electron chi connectivity index (χ0n) is 20.2. The predicted molar refractivity (Wildman–Crippen MR) is 138 cm³/mol. The highest BCUT2D eigenvalue weighted by Crippen LogP contribution is 2.35. The molecule has 0 saturated carbocycles. The Hall–Kier alpha value is -4.93. The second-order valence-electron chi connectivity index (χ2n) is 7.16. The van der Waals surface area contributed by atoms with Gasteiger partial charge in [0.15, 0.2) is 5.82 Å². The third-order valence-corrected chi connectivity index (χ3v) is 5.15. The summed E-state index contributed by atoms with van der Waals surface area (Å²) in [5.41, 5.74) is 1.85. The van der Waals surface area contributed by atoms with Gasteiger partial charge >= 0.3 is 0 Å². The van der Waals surface area contributed by atoms with Crippen LogP contribution in [0.3, 0.4) is 0 Å². The van der Waals surface area contributed by atoms with Crippen molar-refractivity contribution in [1.82, 2.24) is 19.9 Å².